The molecule has 0 radical (unpaired) electrons. The van der Waals surface area contributed by atoms with E-state index in [1.807, 2.05) is 0 Å². The number of benzene rings is 1. The zero-order valence-electron chi connectivity index (χ0n) is 21.1. The molecule has 0 bridgehead atoms. The average molecular weight is 588 g/mol. The van der Waals surface area contributed by atoms with Gasteiger partial charge in [-0.05, 0) is 32.9 Å². The molecule has 17 heteroatoms. The van der Waals surface area contributed by atoms with Crippen LogP contribution in [0.25, 0.3) is 11.2 Å². The number of hydrogen-bond donors (Lipinski definition) is 4. The second-order valence-electron chi connectivity index (χ2n) is 8.97. The minimum atomic E-state index is -4.33. The number of anilines is 2. The lowest BCUT2D eigenvalue weighted by molar-refractivity contribution is -0.149. The van der Waals surface area contributed by atoms with Crippen LogP contribution in [0, 0.1) is 0 Å². The third kappa shape index (κ3) is 6.24. The van der Waals surface area contributed by atoms with E-state index in [1.165, 1.54) is 19.1 Å². The molecular weight excluding hydrogens is 560 g/mol. The summed E-state index contributed by atoms with van der Waals surface area (Å²) in [5, 5.41) is 10.3. The van der Waals surface area contributed by atoms with Crippen molar-refractivity contribution in [1.82, 2.24) is 24.6 Å². The number of carbonyl (C=O) groups is 1. The summed E-state index contributed by atoms with van der Waals surface area (Å²) in [7, 11) is -4.33. The van der Waals surface area contributed by atoms with Gasteiger partial charge in [-0.3, -0.25) is 13.9 Å². The molecule has 2 aromatic heterocycles. The standard InChI is InChI=1S/C22H28ClFN7O7P/c1-11(2)36-19(33)12(3)30-39(34,38-13-7-5-4-6-8-13)35-9-14-16(32)22(23,24)20(37-14)31-10-27-15-17(25)28-21(26)29-18(15)31/h4-8,10-12,14,16,20,32H,9H2,1-3H3,(H,30,34)(H4,25,26,28,29)/t12-,14+,16+,20+,22+,39-/m0/s1. The molecule has 0 aliphatic carbocycles. The lowest BCUT2D eigenvalue weighted by atomic mass is 10.1. The van der Waals surface area contributed by atoms with E-state index in [9.17, 15) is 14.5 Å². The first-order valence-electron chi connectivity index (χ1n) is 11.7. The van der Waals surface area contributed by atoms with Crippen molar-refractivity contribution in [2.24, 2.45) is 0 Å². The quantitative estimate of drug-likeness (QED) is 0.153. The minimum absolute atomic E-state index is 0.0127. The molecule has 1 saturated heterocycles. The Morgan fingerprint density at radius 3 is 2.67 bits per heavy atom. The molecule has 1 aromatic carbocycles. The zero-order chi connectivity index (χ0) is 28.5. The molecule has 0 amide bonds. The molecule has 1 fully saturated rings. The summed E-state index contributed by atoms with van der Waals surface area (Å²) in [5.41, 5.74) is 11.6. The van der Waals surface area contributed by atoms with Gasteiger partial charge in [-0.15, -0.1) is 0 Å². The highest BCUT2D eigenvalue weighted by Crippen LogP contribution is 2.49. The van der Waals surface area contributed by atoms with Gasteiger partial charge in [-0.25, -0.2) is 13.9 Å². The third-order valence-corrected chi connectivity index (χ3v) is 7.59. The van der Waals surface area contributed by atoms with Gasteiger partial charge in [-0.1, -0.05) is 29.8 Å². The van der Waals surface area contributed by atoms with Crippen molar-refractivity contribution in [3.8, 4) is 5.75 Å². The molecule has 0 unspecified atom stereocenters. The zero-order valence-corrected chi connectivity index (χ0v) is 22.8. The van der Waals surface area contributed by atoms with Crippen LogP contribution in [0.3, 0.4) is 0 Å². The van der Waals surface area contributed by atoms with Gasteiger partial charge in [-0.2, -0.15) is 15.1 Å². The number of nitrogen functional groups attached to an aromatic ring is 2. The number of alkyl halides is 2. The van der Waals surface area contributed by atoms with Crippen molar-refractivity contribution in [2.45, 2.75) is 56.5 Å². The van der Waals surface area contributed by atoms with Crippen LogP contribution in [0.2, 0.25) is 0 Å². The fraction of sp³-hybridized carbons (Fsp3) is 0.455. The lowest BCUT2D eigenvalue weighted by Gasteiger charge is -2.25. The maximum Gasteiger partial charge on any atom is 0.459 e. The number of para-hydroxylation sites is 1. The van der Waals surface area contributed by atoms with Crippen molar-refractivity contribution in [2.75, 3.05) is 18.1 Å². The smallest absolute Gasteiger partial charge is 0.459 e. The first kappa shape index (κ1) is 28.9. The second kappa shape index (κ2) is 11.2. The van der Waals surface area contributed by atoms with E-state index in [0.29, 0.717) is 0 Å². The number of esters is 1. The van der Waals surface area contributed by atoms with E-state index in [-0.39, 0.29) is 28.7 Å². The van der Waals surface area contributed by atoms with Crippen LogP contribution >= 0.6 is 19.3 Å². The number of aliphatic hydroxyl groups is 1. The lowest BCUT2D eigenvalue weighted by Crippen LogP contribution is -2.40. The number of imidazole rings is 1. The molecule has 4 rings (SSSR count). The van der Waals surface area contributed by atoms with Crippen molar-refractivity contribution in [1.29, 1.82) is 0 Å². The second-order valence-corrected chi connectivity index (χ2v) is 11.2. The van der Waals surface area contributed by atoms with Crippen LogP contribution in [0.15, 0.2) is 36.7 Å². The molecule has 212 valence electrons. The van der Waals surface area contributed by atoms with Gasteiger partial charge in [0.05, 0.1) is 19.0 Å². The van der Waals surface area contributed by atoms with Crippen LogP contribution < -0.4 is 21.1 Å². The molecule has 39 heavy (non-hydrogen) atoms. The summed E-state index contributed by atoms with van der Waals surface area (Å²) in [5.74, 6) is -0.808. The number of carbonyl (C=O) groups excluding carboxylic acids is 1. The predicted molar refractivity (Wildman–Crippen MR) is 138 cm³/mol. The summed E-state index contributed by atoms with van der Waals surface area (Å²) < 4.78 is 52.3. The van der Waals surface area contributed by atoms with Gasteiger partial charge in [0.1, 0.15) is 29.5 Å². The number of aromatic nitrogens is 4. The van der Waals surface area contributed by atoms with E-state index >= 15 is 4.39 Å². The van der Waals surface area contributed by atoms with Crippen molar-refractivity contribution in [3.63, 3.8) is 0 Å². The van der Waals surface area contributed by atoms with Gasteiger partial charge in [0, 0.05) is 0 Å². The molecule has 3 heterocycles. The van der Waals surface area contributed by atoms with Gasteiger partial charge in [0.25, 0.3) is 5.13 Å². The molecule has 6 N–H and O–H groups in total. The Morgan fingerprint density at radius 1 is 1.31 bits per heavy atom. The van der Waals surface area contributed by atoms with Gasteiger partial charge in [0.2, 0.25) is 5.95 Å². The maximum absolute atomic E-state index is 15.6. The van der Waals surface area contributed by atoms with Crippen LogP contribution in [-0.4, -0.2) is 66.7 Å². The molecule has 3 aromatic rings. The first-order chi connectivity index (χ1) is 18.3. The van der Waals surface area contributed by atoms with Gasteiger partial charge >= 0.3 is 13.7 Å². The van der Waals surface area contributed by atoms with Crippen LogP contribution in [0.4, 0.5) is 16.2 Å². The maximum atomic E-state index is 15.6. The Balaban J connectivity index is 1.55. The number of hydrogen-bond acceptors (Lipinski definition) is 12. The summed E-state index contributed by atoms with van der Waals surface area (Å²) in [6.45, 7) is 4.06. The topological polar surface area (TPSA) is 199 Å². The number of nitrogens with two attached hydrogens (primary N) is 2. The summed E-state index contributed by atoms with van der Waals surface area (Å²) >= 11 is 6.08. The molecule has 14 nitrogen and oxygen atoms in total. The summed E-state index contributed by atoms with van der Waals surface area (Å²) in [4.78, 5) is 24.2. The monoisotopic (exact) mass is 587 g/mol. The van der Waals surface area contributed by atoms with E-state index in [1.54, 1.807) is 32.0 Å². The van der Waals surface area contributed by atoms with Crippen molar-refractivity contribution in [3.05, 3.63) is 36.7 Å². The Bertz CT molecular complexity index is 1380. The van der Waals surface area contributed by atoms with Gasteiger partial charge < -0.3 is 30.6 Å². The van der Waals surface area contributed by atoms with Gasteiger partial charge in [0.15, 0.2) is 17.7 Å². The number of aliphatic hydroxyl groups excluding tert-OH is 1. The number of nitrogens with one attached hydrogen (secondary N) is 1. The summed E-state index contributed by atoms with van der Waals surface area (Å²) in [6, 6.07) is 6.89. The van der Waals surface area contributed by atoms with Crippen LogP contribution in [-0.2, 0) is 23.4 Å². The van der Waals surface area contributed by atoms with E-state index < -0.39 is 56.0 Å². The largest absolute Gasteiger partial charge is 0.462 e. The van der Waals surface area contributed by atoms with E-state index in [2.05, 4.69) is 20.0 Å². The normalized spacial score (nSPS) is 25.5. The Kier molecular flexibility index (Phi) is 8.30. The Morgan fingerprint density at radius 2 is 2.00 bits per heavy atom. The first-order valence-corrected chi connectivity index (χ1v) is 13.7. The fourth-order valence-corrected chi connectivity index (χ4v) is 5.54. The number of fused-ring (bicyclic) bond motifs is 1. The van der Waals surface area contributed by atoms with Crippen LogP contribution in [0.5, 0.6) is 5.75 Å². The van der Waals surface area contributed by atoms with E-state index in [4.69, 9.17) is 41.6 Å². The number of nitrogens with zero attached hydrogens (tertiary/aromatic N) is 4. The molecule has 6 atom stereocenters. The molecule has 0 saturated carbocycles. The molecule has 1 aliphatic heterocycles. The van der Waals surface area contributed by atoms with Crippen LogP contribution in [0.1, 0.15) is 27.0 Å². The summed E-state index contributed by atoms with van der Waals surface area (Å²) in [6.07, 6.45) is -4.35. The highest BCUT2D eigenvalue weighted by atomic mass is 35.5. The van der Waals surface area contributed by atoms with Crippen molar-refractivity contribution < 1.29 is 37.4 Å². The molecular formula is C22H28ClFN7O7P. The highest BCUT2D eigenvalue weighted by Gasteiger charge is 2.58. The SMILES string of the molecule is CC(C)OC(=O)[C@H](C)N[P@](=O)(OC[C@H]1O[C@@H](n2cnc3c(N)nc(N)nc32)[C@@](F)(Cl)[C@@H]1O)Oc1ccccc1. The average Bonchev–Trinajstić information content (AvgIpc) is 3.36. The number of halogens is 2. The van der Waals surface area contributed by atoms with E-state index in [0.717, 1.165) is 10.9 Å². The fourth-order valence-electron chi connectivity index (χ4n) is 3.74. The van der Waals surface area contributed by atoms with Crippen molar-refractivity contribution >= 4 is 48.2 Å². The number of rotatable bonds is 10. The Hall–Kier alpha value is -3.07. The molecule has 0 spiro atoms. The third-order valence-electron chi connectivity index (χ3n) is 5.53. The Labute approximate surface area is 227 Å². The highest BCUT2D eigenvalue weighted by molar-refractivity contribution is 7.52. The number of ether oxygens (including phenoxy) is 2. The minimum Gasteiger partial charge on any atom is -0.462 e. The predicted octanol–water partition coefficient (Wildman–Crippen LogP) is 2.29. The molecule has 1 aliphatic rings.